The minimum absolute atomic E-state index is 0.00146. The highest BCUT2D eigenvalue weighted by molar-refractivity contribution is 7.91. The SMILES string of the molecule is COc1ccc2c(O[C@@H]3C[C@H]4C(=O)C[C@]5(C(=O)NS(=O)(=O)C6CC6)C[C@H]5/C=C\CC[C@@H](C)C[C@@H](C)[C@H](CC(=O)OC(C)(C)C(F)(F)F)C(=O)N4C3)nc(-c3ccc(N4CCOCC4)cc3)cc2c1.COc1ccc2c(O[C@@H]3C[C@H]4C(=O)C[C@]5(C(=O)NS(=O)(=O)C6CC6)C[C@H]5/C=C\CC[C@H](C)C[C@@H](C)[C@H](CC(=O)OC(C)(C)C(F)(F)F)C(=O)N4C3)nc(-c3ccc(N4CCOCC4)cc3)cc2c1. The van der Waals surface area contributed by atoms with Gasteiger partial charge in [-0.25, -0.2) is 26.8 Å². The Hall–Kier alpha value is -10.5. The Balaban J connectivity index is 0.000000207. The number of carbonyl (C=O) groups excluding carboxylic acids is 8. The molecule has 4 aliphatic carbocycles. The van der Waals surface area contributed by atoms with Crippen LogP contribution in [0.2, 0.25) is 0 Å². The molecule has 6 aromatic rings. The number of sulfonamides is 2. The average Bonchev–Trinajstić information content (AvgIpc) is 1.57. The number of anilines is 2. The van der Waals surface area contributed by atoms with Crippen molar-refractivity contribution < 1.29 is 119 Å². The number of aromatic nitrogens is 2. The Bertz CT molecular complexity index is 5440. The Labute approximate surface area is 788 Å². The van der Waals surface area contributed by atoms with E-state index in [4.69, 9.17) is 47.9 Å². The predicted octanol–water partition coefficient (Wildman–Crippen LogP) is 15.1. The maximum atomic E-state index is 15.1. The molecule has 10 aliphatic rings. The van der Waals surface area contributed by atoms with Crippen molar-refractivity contribution in [3.05, 3.63) is 121 Å². The number of alkyl halides is 6. The Morgan fingerprint density at radius 2 is 0.853 bits per heavy atom. The third kappa shape index (κ3) is 22.8. The molecule has 136 heavy (non-hydrogen) atoms. The molecule has 4 saturated carbocycles. The van der Waals surface area contributed by atoms with Crippen LogP contribution in [0.4, 0.5) is 37.7 Å². The molecule has 2 aromatic heterocycles. The normalized spacial score (nSPS) is 27.9. The standard InChI is InChI=1S/2C50H61F3N4O10S/c2*1-30-8-6-7-9-34-27-49(34,47(61)55-68(62,63)38-15-16-38)28-43(58)42-25-37(29-57(42)46(60)40(31(2)22-30)26-44(59)67-48(3,4)50(51,52)53)66-45-39-17-14-36(64-5)23-33(39)24-41(54-45)32-10-12-35(13-11-32)56-18-20-65-21-19-56/h2*7,9-14,17,23-24,30-31,34,37-38,40,42H,6,8,15-16,18-22,25-29H2,1-5H3,(H,55,61)/b2*9-7-/t30-,31+,34+,37+,40-,42-,49+;30-,31-,34-,37-,40+,42+,49-/m01/s1. The number of hydrogen-bond acceptors (Lipinski definition) is 24. The fraction of sp³-hybridized carbons (Fsp3) is 0.580. The summed E-state index contributed by atoms with van der Waals surface area (Å²) in [6.07, 6.45) is -0.631. The van der Waals surface area contributed by atoms with E-state index in [1.807, 2.05) is 111 Å². The molecule has 0 spiro atoms. The van der Waals surface area contributed by atoms with E-state index < -0.39 is 185 Å². The van der Waals surface area contributed by atoms with E-state index >= 15 is 9.59 Å². The summed E-state index contributed by atoms with van der Waals surface area (Å²) < 4.78 is 186. The van der Waals surface area contributed by atoms with Gasteiger partial charge in [0.25, 0.3) is 0 Å². The van der Waals surface area contributed by atoms with Crippen molar-refractivity contribution >= 4 is 100 Å². The fourth-order valence-corrected chi connectivity index (χ4v) is 22.7. The number of esters is 2. The second-order valence-corrected chi connectivity index (χ2v) is 43.8. The van der Waals surface area contributed by atoms with E-state index in [-0.39, 0.29) is 75.2 Å². The Morgan fingerprint density at radius 3 is 1.19 bits per heavy atom. The van der Waals surface area contributed by atoms with Crippen molar-refractivity contribution in [3.8, 4) is 45.8 Å². The smallest absolute Gasteiger partial charge is 0.427 e. The number of nitrogens with one attached hydrogen (secondary N) is 2. The summed E-state index contributed by atoms with van der Waals surface area (Å²) in [7, 11) is -4.81. The molecule has 6 aliphatic heterocycles. The number of nitrogens with zero attached hydrogens (tertiary/aromatic N) is 6. The van der Waals surface area contributed by atoms with E-state index in [1.54, 1.807) is 52.3 Å². The van der Waals surface area contributed by atoms with Gasteiger partial charge in [-0.15, -0.1) is 0 Å². The molecule has 16 rings (SSSR count). The lowest BCUT2D eigenvalue weighted by molar-refractivity contribution is -0.257. The highest BCUT2D eigenvalue weighted by atomic mass is 32.2. The number of Topliss-reactive ketones (excluding diaryl/α,β-unsaturated/α-hetero) is 2. The molecular weight excluding hydrogens is 1810 g/mol. The van der Waals surface area contributed by atoms with Crippen molar-refractivity contribution in [2.75, 3.05) is 89.7 Å². The topological polar surface area (TPSA) is 341 Å². The van der Waals surface area contributed by atoms with Crippen molar-refractivity contribution in [2.45, 2.75) is 229 Å². The first-order chi connectivity index (χ1) is 64.3. The van der Waals surface area contributed by atoms with Crippen molar-refractivity contribution in [3.63, 3.8) is 0 Å². The minimum Gasteiger partial charge on any atom is -0.497 e. The Kier molecular flexibility index (Phi) is 29.5. The van der Waals surface area contributed by atoms with Crippen molar-refractivity contribution in [2.24, 2.45) is 58.2 Å². The van der Waals surface area contributed by atoms with Crippen molar-refractivity contribution in [1.29, 1.82) is 0 Å². The molecule has 0 radical (unpaired) electrons. The van der Waals surface area contributed by atoms with Crippen LogP contribution < -0.4 is 38.2 Å². The zero-order valence-corrected chi connectivity index (χ0v) is 80.0. The van der Waals surface area contributed by atoms with Crippen LogP contribution in [0, 0.1) is 58.2 Å². The van der Waals surface area contributed by atoms with E-state index in [0.29, 0.717) is 124 Å². The molecule has 0 bridgehead atoms. The first-order valence-electron chi connectivity index (χ1n) is 47.2. The fourth-order valence-electron chi connectivity index (χ4n) is 19.9. The number of benzene rings is 4. The molecule has 14 atom stereocenters. The number of pyridine rings is 2. The van der Waals surface area contributed by atoms with Crippen LogP contribution in [0.15, 0.2) is 121 Å². The van der Waals surface area contributed by atoms with Crippen LogP contribution in [-0.4, -0.2) is 222 Å². The number of hydrogen-bond donors (Lipinski definition) is 2. The van der Waals surface area contributed by atoms with Gasteiger partial charge in [-0.3, -0.25) is 47.8 Å². The van der Waals surface area contributed by atoms with Crippen LogP contribution in [0.3, 0.4) is 0 Å². The third-order valence-corrected chi connectivity index (χ3v) is 32.5. The number of rotatable bonds is 22. The molecule has 0 unspecified atom stereocenters. The van der Waals surface area contributed by atoms with Gasteiger partial charge in [0, 0.05) is 85.1 Å². The van der Waals surface area contributed by atoms with Gasteiger partial charge in [-0.05, 0) is 224 Å². The number of amides is 4. The monoisotopic (exact) mass is 1930 g/mol. The first-order valence-corrected chi connectivity index (χ1v) is 50.3. The van der Waals surface area contributed by atoms with Gasteiger partial charge in [-0.1, -0.05) is 76.3 Å². The zero-order chi connectivity index (χ0) is 97.5. The van der Waals surface area contributed by atoms with Crippen molar-refractivity contribution in [1.82, 2.24) is 29.2 Å². The largest absolute Gasteiger partial charge is 0.497 e. The average molecular weight is 1930 g/mol. The summed E-state index contributed by atoms with van der Waals surface area (Å²) in [4.78, 5) is 132. The highest BCUT2D eigenvalue weighted by Crippen LogP contribution is 2.59. The highest BCUT2D eigenvalue weighted by Gasteiger charge is 2.64. The third-order valence-electron chi connectivity index (χ3n) is 28.8. The molecule has 8 heterocycles. The second kappa shape index (κ2) is 40.2. The predicted molar refractivity (Wildman–Crippen MR) is 494 cm³/mol. The lowest BCUT2D eigenvalue weighted by Crippen LogP contribution is -2.48. The van der Waals surface area contributed by atoms with Gasteiger partial charge in [-0.2, -0.15) is 26.3 Å². The van der Waals surface area contributed by atoms with Crippen LogP contribution in [0.1, 0.15) is 171 Å². The van der Waals surface area contributed by atoms with Crippen LogP contribution in [0.5, 0.6) is 23.3 Å². The van der Waals surface area contributed by atoms with Gasteiger partial charge in [0.1, 0.15) is 23.7 Å². The van der Waals surface area contributed by atoms with Gasteiger partial charge in [0.15, 0.2) is 11.6 Å². The first kappa shape index (κ1) is 100. The molecule has 36 heteroatoms. The lowest BCUT2D eigenvalue weighted by Gasteiger charge is -2.33. The Morgan fingerprint density at radius 1 is 0.493 bits per heavy atom. The molecule has 2 N–H and O–H groups in total. The molecule has 4 amide bonds. The van der Waals surface area contributed by atoms with Gasteiger partial charge < -0.3 is 57.5 Å². The van der Waals surface area contributed by atoms with Crippen LogP contribution in [-0.2, 0) is 77.4 Å². The summed E-state index contributed by atoms with van der Waals surface area (Å²) in [5.41, 5.74) is -3.60. The number of ether oxygens (including phenoxy) is 8. The second-order valence-electron chi connectivity index (χ2n) is 39.9. The molecule has 4 aromatic carbocycles. The number of fused-ring (bicyclic) bond motifs is 6. The quantitative estimate of drug-likeness (QED) is 0.0362. The van der Waals surface area contributed by atoms with E-state index in [1.165, 1.54) is 9.80 Å². The number of carbonyl (C=O) groups is 8. The molecule has 8 fully saturated rings. The summed E-state index contributed by atoms with van der Waals surface area (Å²) in [6, 6.07) is 28.2. The lowest BCUT2D eigenvalue weighted by atomic mass is 9.82. The molecule has 28 nitrogen and oxygen atoms in total. The summed E-state index contributed by atoms with van der Waals surface area (Å²) in [6.45, 7) is 15.8. The van der Waals surface area contributed by atoms with E-state index in [2.05, 4.69) is 19.2 Å². The summed E-state index contributed by atoms with van der Waals surface area (Å²) >= 11 is 0. The van der Waals surface area contributed by atoms with Crippen LogP contribution >= 0.6 is 0 Å². The van der Waals surface area contributed by atoms with E-state index in [9.17, 15) is 71.9 Å². The van der Waals surface area contributed by atoms with Gasteiger partial charge in [0.05, 0.1) is 123 Å². The maximum absolute atomic E-state index is 15.1. The minimum atomic E-state index is -4.88. The number of methoxy groups -OCH3 is 2. The van der Waals surface area contributed by atoms with Gasteiger partial charge in [0.2, 0.25) is 66.6 Å². The summed E-state index contributed by atoms with van der Waals surface area (Å²) in [5.74, 6) is -8.94. The number of allylic oxidation sites excluding steroid dienone is 4. The number of halogens is 6. The van der Waals surface area contributed by atoms with E-state index in [0.717, 1.165) is 87.1 Å². The summed E-state index contributed by atoms with van der Waals surface area (Å²) in [5, 5.41) is 1.37. The van der Waals surface area contributed by atoms with Gasteiger partial charge >= 0.3 is 24.3 Å². The zero-order valence-electron chi connectivity index (χ0n) is 78.4. The molecule has 4 saturated heterocycles. The number of morpholine rings is 2. The molecular formula is C100H122F6N8O20S2. The number of ketones is 2. The molecule has 736 valence electrons. The van der Waals surface area contributed by atoms with Crippen LogP contribution in [0.25, 0.3) is 44.1 Å². The maximum Gasteiger partial charge on any atom is 0.427 e.